The Morgan fingerprint density at radius 3 is 2.71 bits per heavy atom. The second kappa shape index (κ2) is 5.14. The molecule has 0 bridgehead atoms. The van der Waals surface area contributed by atoms with E-state index < -0.39 is 5.97 Å². The van der Waals surface area contributed by atoms with E-state index in [4.69, 9.17) is 5.11 Å². The molecule has 0 unspecified atom stereocenters. The first-order valence-corrected chi connectivity index (χ1v) is 5.76. The molecule has 1 saturated heterocycles. The monoisotopic (exact) mass is 235 g/mol. The zero-order valence-electron chi connectivity index (χ0n) is 9.96. The molecule has 5 heteroatoms. The van der Waals surface area contributed by atoms with E-state index >= 15 is 0 Å². The van der Waals surface area contributed by atoms with Gasteiger partial charge in [0.2, 0.25) is 0 Å². The summed E-state index contributed by atoms with van der Waals surface area (Å²) in [4.78, 5) is 18.9. The predicted molar refractivity (Wildman–Crippen MR) is 65.3 cm³/mol. The number of aliphatic carboxylic acids is 1. The van der Waals surface area contributed by atoms with Crippen LogP contribution in [-0.2, 0) is 4.79 Å². The first-order valence-electron chi connectivity index (χ1n) is 5.76. The van der Waals surface area contributed by atoms with Crippen molar-refractivity contribution in [1.82, 2.24) is 9.88 Å². The van der Waals surface area contributed by atoms with Crippen molar-refractivity contribution in [2.24, 2.45) is 0 Å². The number of carboxylic acid groups (broad SMARTS) is 1. The zero-order chi connectivity index (χ0) is 12.3. The van der Waals surface area contributed by atoms with E-state index in [2.05, 4.69) is 9.88 Å². The van der Waals surface area contributed by atoms with Crippen LogP contribution in [-0.4, -0.2) is 53.7 Å². The Bertz CT molecular complexity index is 400. The maximum Gasteiger partial charge on any atom is 0.317 e. The molecule has 0 saturated carbocycles. The fourth-order valence-corrected chi connectivity index (χ4v) is 2.16. The van der Waals surface area contributed by atoms with Crippen LogP contribution in [0.1, 0.15) is 5.56 Å². The van der Waals surface area contributed by atoms with Gasteiger partial charge in [0.25, 0.3) is 0 Å². The summed E-state index contributed by atoms with van der Waals surface area (Å²) in [5, 5.41) is 8.73. The summed E-state index contributed by atoms with van der Waals surface area (Å²) in [5.74, 6) is -0.751. The van der Waals surface area contributed by atoms with Crippen LogP contribution >= 0.6 is 0 Å². The summed E-state index contributed by atoms with van der Waals surface area (Å²) in [7, 11) is 0. The van der Waals surface area contributed by atoms with Crippen LogP contribution < -0.4 is 4.90 Å². The van der Waals surface area contributed by atoms with E-state index in [0.717, 1.165) is 26.2 Å². The van der Waals surface area contributed by atoms with Gasteiger partial charge in [-0.3, -0.25) is 14.7 Å². The average molecular weight is 235 g/mol. The van der Waals surface area contributed by atoms with E-state index in [1.165, 1.54) is 11.3 Å². The minimum Gasteiger partial charge on any atom is -0.480 e. The molecule has 1 N–H and O–H groups in total. The molecule has 2 rings (SSSR count). The number of anilines is 1. The smallest absolute Gasteiger partial charge is 0.317 e. The summed E-state index contributed by atoms with van der Waals surface area (Å²) < 4.78 is 0. The fraction of sp³-hybridized carbons (Fsp3) is 0.500. The Hall–Kier alpha value is -1.62. The highest BCUT2D eigenvalue weighted by Crippen LogP contribution is 2.19. The molecule has 0 aromatic carbocycles. The molecule has 0 aliphatic carbocycles. The number of piperazine rings is 1. The van der Waals surface area contributed by atoms with Crippen LogP contribution in [0.4, 0.5) is 5.69 Å². The van der Waals surface area contributed by atoms with Gasteiger partial charge >= 0.3 is 5.97 Å². The first-order chi connectivity index (χ1) is 8.16. The number of aryl methyl sites for hydroxylation is 1. The summed E-state index contributed by atoms with van der Waals surface area (Å²) in [6.45, 7) is 5.54. The van der Waals surface area contributed by atoms with Crippen LogP contribution in [0, 0.1) is 6.92 Å². The average Bonchev–Trinajstić information content (AvgIpc) is 2.30. The normalized spacial score (nSPS) is 17.1. The van der Waals surface area contributed by atoms with E-state index in [1.807, 2.05) is 24.1 Å². The van der Waals surface area contributed by atoms with E-state index in [9.17, 15) is 4.79 Å². The lowest BCUT2D eigenvalue weighted by atomic mass is 10.2. The molecule has 1 aromatic heterocycles. The van der Waals surface area contributed by atoms with Gasteiger partial charge in [0.05, 0.1) is 6.54 Å². The molecule has 92 valence electrons. The van der Waals surface area contributed by atoms with Gasteiger partial charge in [-0.2, -0.15) is 0 Å². The lowest BCUT2D eigenvalue weighted by Gasteiger charge is -2.35. The summed E-state index contributed by atoms with van der Waals surface area (Å²) >= 11 is 0. The van der Waals surface area contributed by atoms with Crippen LogP contribution in [0.3, 0.4) is 0 Å². The van der Waals surface area contributed by atoms with E-state index in [-0.39, 0.29) is 6.54 Å². The fourth-order valence-electron chi connectivity index (χ4n) is 2.16. The minimum absolute atomic E-state index is 0.142. The minimum atomic E-state index is -0.751. The SMILES string of the molecule is Cc1cnccc1N1CCN(CC(=O)O)CC1. The maximum atomic E-state index is 10.6. The Morgan fingerprint density at radius 1 is 1.41 bits per heavy atom. The summed E-state index contributed by atoms with van der Waals surface area (Å²) in [6.07, 6.45) is 3.66. The van der Waals surface area contributed by atoms with Crippen molar-refractivity contribution in [2.75, 3.05) is 37.6 Å². The van der Waals surface area contributed by atoms with Crippen molar-refractivity contribution < 1.29 is 9.90 Å². The molecule has 5 nitrogen and oxygen atoms in total. The summed E-state index contributed by atoms with van der Waals surface area (Å²) in [5.41, 5.74) is 2.37. The third-order valence-electron chi connectivity index (χ3n) is 3.06. The molecule has 1 aromatic rings. The number of nitrogens with zero attached hydrogens (tertiary/aromatic N) is 3. The Labute approximate surface area is 101 Å². The molecule has 0 radical (unpaired) electrons. The van der Waals surface area contributed by atoms with Crippen molar-refractivity contribution in [3.63, 3.8) is 0 Å². The molecule has 17 heavy (non-hydrogen) atoms. The number of carboxylic acids is 1. The van der Waals surface area contributed by atoms with Crippen LogP contribution in [0.15, 0.2) is 18.5 Å². The Morgan fingerprint density at radius 2 is 2.12 bits per heavy atom. The number of rotatable bonds is 3. The third-order valence-corrected chi connectivity index (χ3v) is 3.06. The van der Waals surface area contributed by atoms with Crippen molar-refractivity contribution >= 4 is 11.7 Å². The van der Waals surface area contributed by atoms with Gasteiger partial charge in [0.15, 0.2) is 0 Å². The molecule has 0 amide bonds. The van der Waals surface area contributed by atoms with Crippen LogP contribution in [0.2, 0.25) is 0 Å². The largest absolute Gasteiger partial charge is 0.480 e. The van der Waals surface area contributed by atoms with Gasteiger partial charge in [-0.15, -0.1) is 0 Å². The van der Waals surface area contributed by atoms with Crippen molar-refractivity contribution in [1.29, 1.82) is 0 Å². The van der Waals surface area contributed by atoms with Crippen molar-refractivity contribution in [3.8, 4) is 0 Å². The van der Waals surface area contributed by atoms with Gasteiger partial charge in [0.1, 0.15) is 0 Å². The first kappa shape index (κ1) is 11.9. The Kier molecular flexibility index (Phi) is 3.58. The highest BCUT2D eigenvalue weighted by Gasteiger charge is 2.19. The molecule has 0 spiro atoms. The van der Waals surface area contributed by atoms with Gasteiger partial charge < -0.3 is 10.0 Å². The molecule has 0 atom stereocenters. The predicted octanol–water partition coefficient (Wildman–Crippen LogP) is 0.597. The molecule has 1 aliphatic heterocycles. The van der Waals surface area contributed by atoms with Crippen molar-refractivity contribution in [3.05, 3.63) is 24.0 Å². The number of pyridine rings is 1. The lowest BCUT2D eigenvalue weighted by Crippen LogP contribution is -2.48. The topological polar surface area (TPSA) is 56.7 Å². The molecular weight excluding hydrogens is 218 g/mol. The number of aromatic nitrogens is 1. The van der Waals surface area contributed by atoms with Crippen LogP contribution in [0.5, 0.6) is 0 Å². The number of hydrogen-bond acceptors (Lipinski definition) is 4. The molecule has 1 aliphatic rings. The van der Waals surface area contributed by atoms with Crippen molar-refractivity contribution in [2.45, 2.75) is 6.92 Å². The molecule has 1 fully saturated rings. The second-order valence-corrected chi connectivity index (χ2v) is 4.32. The van der Waals surface area contributed by atoms with E-state index in [0.29, 0.717) is 0 Å². The quantitative estimate of drug-likeness (QED) is 0.831. The van der Waals surface area contributed by atoms with Gasteiger partial charge in [-0.25, -0.2) is 0 Å². The number of hydrogen-bond donors (Lipinski definition) is 1. The highest BCUT2D eigenvalue weighted by atomic mass is 16.4. The standard InChI is InChI=1S/C12H17N3O2/c1-10-8-13-3-2-11(10)15-6-4-14(5-7-15)9-12(16)17/h2-3,8H,4-7,9H2,1H3,(H,16,17). The second-order valence-electron chi connectivity index (χ2n) is 4.32. The zero-order valence-corrected chi connectivity index (χ0v) is 9.96. The molecular formula is C12H17N3O2. The van der Waals surface area contributed by atoms with Gasteiger partial charge in [-0.05, 0) is 18.6 Å². The highest BCUT2D eigenvalue weighted by molar-refractivity contribution is 5.69. The number of carbonyl (C=O) groups is 1. The summed E-state index contributed by atoms with van der Waals surface area (Å²) in [6, 6.07) is 2.02. The third kappa shape index (κ3) is 2.94. The Balaban J connectivity index is 1.95. The van der Waals surface area contributed by atoms with Crippen LogP contribution in [0.25, 0.3) is 0 Å². The van der Waals surface area contributed by atoms with Gasteiger partial charge in [0, 0.05) is 44.3 Å². The van der Waals surface area contributed by atoms with Gasteiger partial charge in [-0.1, -0.05) is 0 Å². The molecule has 2 heterocycles. The lowest BCUT2D eigenvalue weighted by molar-refractivity contribution is -0.138. The maximum absolute atomic E-state index is 10.6. The van der Waals surface area contributed by atoms with E-state index in [1.54, 1.807) is 6.20 Å².